The van der Waals surface area contributed by atoms with E-state index in [1.807, 2.05) is 13.0 Å². The van der Waals surface area contributed by atoms with Crippen LogP contribution in [0.4, 0.5) is 0 Å². The number of rotatable bonds is 3. The molecular weight excluding hydrogens is 296 g/mol. The second-order valence-corrected chi connectivity index (χ2v) is 8.22. The van der Waals surface area contributed by atoms with Gasteiger partial charge in [-0.2, -0.15) is 0 Å². The maximum absolute atomic E-state index is 12.3. The molecule has 0 radical (unpaired) electrons. The number of aryl methyl sites for hydroxylation is 1. The Morgan fingerprint density at radius 3 is 2.82 bits per heavy atom. The van der Waals surface area contributed by atoms with E-state index in [1.165, 1.54) is 25.7 Å². The number of hydrogen-bond donors (Lipinski definition) is 0. The molecule has 2 bridgehead atoms. The van der Waals surface area contributed by atoms with Crippen LogP contribution in [-0.4, -0.2) is 5.78 Å². The lowest BCUT2D eigenvalue weighted by molar-refractivity contribution is 0.0944. The van der Waals surface area contributed by atoms with Gasteiger partial charge in [0.1, 0.15) is 0 Å². The van der Waals surface area contributed by atoms with Crippen molar-refractivity contribution in [3.63, 3.8) is 0 Å². The van der Waals surface area contributed by atoms with E-state index in [9.17, 15) is 4.79 Å². The molecule has 0 N–H and O–H groups in total. The first-order chi connectivity index (χ1) is 8.13. The third-order valence-corrected chi connectivity index (χ3v) is 6.07. The minimum Gasteiger partial charge on any atom is -0.294 e. The zero-order chi connectivity index (χ0) is 12.0. The highest BCUT2D eigenvalue weighted by atomic mass is 79.9. The van der Waals surface area contributed by atoms with Gasteiger partial charge in [-0.15, -0.1) is 11.3 Å². The van der Waals surface area contributed by atoms with E-state index in [-0.39, 0.29) is 0 Å². The summed E-state index contributed by atoms with van der Waals surface area (Å²) in [5, 5.41) is 0. The predicted octanol–water partition coefficient (Wildman–Crippen LogP) is 4.83. The zero-order valence-corrected chi connectivity index (χ0v) is 12.4. The van der Waals surface area contributed by atoms with Gasteiger partial charge < -0.3 is 0 Å². The summed E-state index contributed by atoms with van der Waals surface area (Å²) in [7, 11) is 0. The van der Waals surface area contributed by atoms with Crippen LogP contribution in [0.3, 0.4) is 0 Å². The Labute approximate surface area is 115 Å². The molecule has 2 saturated carbocycles. The van der Waals surface area contributed by atoms with Crippen molar-refractivity contribution in [3.05, 3.63) is 20.3 Å². The standard InChI is InChI=1S/C14H17BrOS/c1-8-12(7-14(15)17-8)13(16)6-11-5-9-2-3-10(11)4-9/h7,9-11H,2-6H2,1H3. The Balaban J connectivity index is 1.69. The van der Waals surface area contributed by atoms with E-state index >= 15 is 0 Å². The van der Waals surface area contributed by atoms with Crippen LogP contribution in [0.1, 0.15) is 47.3 Å². The van der Waals surface area contributed by atoms with Crippen LogP contribution in [-0.2, 0) is 0 Å². The van der Waals surface area contributed by atoms with Crippen LogP contribution in [0.25, 0.3) is 0 Å². The number of fused-ring (bicyclic) bond motifs is 2. The lowest BCUT2D eigenvalue weighted by atomic mass is 9.84. The number of hydrogen-bond acceptors (Lipinski definition) is 2. The monoisotopic (exact) mass is 312 g/mol. The molecule has 1 aromatic rings. The van der Waals surface area contributed by atoms with Gasteiger partial charge in [-0.05, 0) is 65.9 Å². The SMILES string of the molecule is Cc1sc(Br)cc1C(=O)CC1CC2CCC1C2. The molecule has 2 aliphatic rings. The summed E-state index contributed by atoms with van der Waals surface area (Å²) in [6.07, 6.45) is 6.27. The molecule has 0 saturated heterocycles. The van der Waals surface area contributed by atoms with Gasteiger partial charge in [0.25, 0.3) is 0 Å². The number of carbonyl (C=O) groups excluding carboxylic acids is 1. The number of halogens is 1. The van der Waals surface area contributed by atoms with Gasteiger partial charge in [-0.1, -0.05) is 6.42 Å². The summed E-state index contributed by atoms with van der Waals surface area (Å²) >= 11 is 5.13. The fraction of sp³-hybridized carbons (Fsp3) is 0.643. The number of thiophene rings is 1. The Morgan fingerprint density at radius 2 is 2.29 bits per heavy atom. The molecule has 3 atom stereocenters. The van der Waals surface area contributed by atoms with E-state index in [0.29, 0.717) is 11.7 Å². The molecule has 2 fully saturated rings. The minimum absolute atomic E-state index is 0.363. The molecule has 1 nitrogen and oxygen atoms in total. The zero-order valence-electron chi connectivity index (χ0n) is 10.0. The first-order valence-corrected chi connectivity index (χ1v) is 8.03. The van der Waals surface area contributed by atoms with Gasteiger partial charge in [0.2, 0.25) is 0 Å². The molecule has 92 valence electrons. The number of Topliss-reactive ketones (excluding diaryl/α,β-unsaturated/α-hetero) is 1. The highest BCUT2D eigenvalue weighted by Gasteiger charge is 2.40. The first-order valence-electron chi connectivity index (χ1n) is 6.42. The third-order valence-electron chi connectivity index (χ3n) is 4.52. The normalized spacial score (nSPS) is 31.1. The van der Waals surface area contributed by atoms with Crippen LogP contribution in [0, 0.1) is 24.7 Å². The molecular formula is C14H17BrOS. The Bertz CT molecular complexity index is 451. The lowest BCUT2D eigenvalue weighted by Crippen LogP contribution is -2.15. The lowest BCUT2D eigenvalue weighted by Gasteiger charge is -2.20. The topological polar surface area (TPSA) is 17.1 Å². The van der Waals surface area contributed by atoms with Crippen molar-refractivity contribution in [2.45, 2.75) is 39.0 Å². The maximum atomic E-state index is 12.3. The second-order valence-electron chi connectivity index (χ2n) is 5.58. The van der Waals surface area contributed by atoms with Crippen LogP contribution in [0.15, 0.2) is 9.85 Å². The van der Waals surface area contributed by atoms with Crippen molar-refractivity contribution in [1.29, 1.82) is 0 Å². The van der Waals surface area contributed by atoms with Crippen molar-refractivity contribution >= 4 is 33.0 Å². The van der Waals surface area contributed by atoms with E-state index in [2.05, 4.69) is 15.9 Å². The summed E-state index contributed by atoms with van der Waals surface area (Å²) in [5.74, 6) is 2.83. The number of ketones is 1. The molecule has 2 aliphatic carbocycles. The van der Waals surface area contributed by atoms with Gasteiger partial charge >= 0.3 is 0 Å². The summed E-state index contributed by atoms with van der Waals surface area (Å²) in [6.45, 7) is 2.05. The van der Waals surface area contributed by atoms with Gasteiger partial charge in [0.15, 0.2) is 5.78 Å². The average Bonchev–Trinajstić information content (AvgIpc) is 2.93. The molecule has 0 spiro atoms. The first kappa shape index (κ1) is 11.9. The van der Waals surface area contributed by atoms with Crippen LogP contribution >= 0.6 is 27.3 Å². The van der Waals surface area contributed by atoms with E-state index in [1.54, 1.807) is 11.3 Å². The fourth-order valence-corrected chi connectivity index (χ4v) is 5.41. The van der Waals surface area contributed by atoms with Gasteiger partial charge in [-0.3, -0.25) is 4.79 Å². The van der Waals surface area contributed by atoms with Gasteiger partial charge in [-0.25, -0.2) is 0 Å². The van der Waals surface area contributed by atoms with E-state index < -0.39 is 0 Å². The third kappa shape index (κ3) is 2.24. The predicted molar refractivity (Wildman–Crippen MR) is 74.6 cm³/mol. The second kappa shape index (κ2) is 4.51. The Kier molecular flexibility index (Phi) is 3.16. The molecule has 3 heteroatoms. The van der Waals surface area contributed by atoms with Crippen molar-refractivity contribution in [1.82, 2.24) is 0 Å². The molecule has 0 aliphatic heterocycles. The smallest absolute Gasteiger partial charge is 0.164 e. The summed E-state index contributed by atoms with van der Waals surface area (Å²) < 4.78 is 1.08. The molecule has 1 aromatic heterocycles. The van der Waals surface area contributed by atoms with Crippen molar-refractivity contribution in [2.24, 2.45) is 17.8 Å². The van der Waals surface area contributed by atoms with E-state index in [4.69, 9.17) is 0 Å². The molecule has 3 unspecified atom stereocenters. The maximum Gasteiger partial charge on any atom is 0.164 e. The van der Waals surface area contributed by atoms with Crippen molar-refractivity contribution in [2.75, 3.05) is 0 Å². The highest BCUT2D eigenvalue weighted by Crippen LogP contribution is 2.50. The Hall–Kier alpha value is -0.150. The quantitative estimate of drug-likeness (QED) is 0.731. The summed E-state index contributed by atoms with van der Waals surface area (Å²) in [5.41, 5.74) is 0.949. The van der Waals surface area contributed by atoms with Crippen molar-refractivity contribution in [3.8, 4) is 0 Å². The molecule has 0 aromatic carbocycles. The van der Waals surface area contributed by atoms with Crippen LogP contribution < -0.4 is 0 Å². The highest BCUT2D eigenvalue weighted by molar-refractivity contribution is 9.11. The van der Waals surface area contributed by atoms with Gasteiger partial charge in [0, 0.05) is 16.9 Å². The molecule has 0 amide bonds. The Morgan fingerprint density at radius 1 is 1.47 bits per heavy atom. The molecule has 1 heterocycles. The van der Waals surface area contributed by atoms with Crippen LogP contribution in [0.5, 0.6) is 0 Å². The van der Waals surface area contributed by atoms with Crippen molar-refractivity contribution < 1.29 is 4.79 Å². The summed E-state index contributed by atoms with van der Waals surface area (Å²) in [4.78, 5) is 13.5. The summed E-state index contributed by atoms with van der Waals surface area (Å²) in [6, 6.07) is 2.00. The fourth-order valence-electron chi connectivity index (χ4n) is 3.70. The molecule has 3 rings (SSSR count). The largest absolute Gasteiger partial charge is 0.294 e. The van der Waals surface area contributed by atoms with E-state index in [0.717, 1.165) is 32.5 Å². The van der Waals surface area contributed by atoms with Gasteiger partial charge in [0.05, 0.1) is 3.79 Å². The average molecular weight is 313 g/mol. The number of carbonyl (C=O) groups is 1. The van der Waals surface area contributed by atoms with Crippen LogP contribution in [0.2, 0.25) is 0 Å². The minimum atomic E-state index is 0.363. The molecule has 17 heavy (non-hydrogen) atoms.